The van der Waals surface area contributed by atoms with Crippen LogP contribution >= 0.6 is 34.3 Å². The van der Waals surface area contributed by atoms with Gasteiger partial charge in [-0.05, 0) is 0 Å². The van der Waals surface area contributed by atoms with Gasteiger partial charge in [0.2, 0.25) is 0 Å². The predicted octanol–water partition coefficient (Wildman–Crippen LogP) is 3.71. The summed E-state index contributed by atoms with van der Waals surface area (Å²) in [7, 11) is 1.30. The number of esters is 1. The molecule has 0 amide bonds. The standard InChI is InChI=1S/C14H11ClN4O2S2/c1-21-13(20)10-11(15)17-14(23-10)16-7-9-18-19-12(22-9)8-5-3-2-4-6-8/h2-6H,7H2,1H3,(H,16,17). The zero-order chi connectivity index (χ0) is 16.2. The number of carbonyl (C=O) groups excluding carboxylic acids is 1. The third-order valence-electron chi connectivity index (χ3n) is 2.84. The fourth-order valence-electron chi connectivity index (χ4n) is 1.77. The lowest BCUT2D eigenvalue weighted by atomic mass is 10.2. The van der Waals surface area contributed by atoms with Gasteiger partial charge in [-0.25, -0.2) is 9.78 Å². The van der Waals surface area contributed by atoms with Crippen molar-refractivity contribution in [3.8, 4) is 10.6 Å². The first kappa shape index (κ1) is 15.9. The molecule has 0 fully saturated rings. The molecule has 0 saturated heterocycles. The summed E-state index contributed by atoms with van der Waals surface area (Å²) in [5, 5.41) is 13.7. The number of anilines is 1. The predicted molar refractivity (Wildman–Crippen MR) is 91.1 cm³/mol. The highest BCUT2D eigenvalue weighted by atomic mass is 35.5. The number of nitrogens with zero attached hydrogens (tertiary/aromatic N) is 3. The zero-order valence-electron chi connectivity index (χ0n) is 11.9. The Bertz CT molecular complexity index is 819. The lowest BCUT2D eigenvalue weighted by Gasteiger charge is -1.97. The Labute approximate surface area is 145 Å². The van der Waals surface area contributed by atoms with Crippen LogP contribution in [-0.4, -0.2) is 28.3 Å². The van der Waals surface area contributed by atoms with E-state index >= 15 is 0 Å². The van der Waals surface area contributed by atoms with Crippen molar-refractivity contribution in [3.63, 3.8) is 0 Å². The van der Waals surface area contributed by atoms with Gasteiger partial charge < -0.3 is 10.1 Å². The molecule has 6 nitrogen and oxygen atoms in total. The van der Waals surface area contributed by atoms with Gasteiger partial charge in [-0.1, -0.05) is 64.6 Å². The molecule has 3 rings (SSSR count). The lowest BCUT2D eigenvalue weighted by molar-refractivity contribution is 0.0606. The number of benzene rings is 1. The molecule has 23 heavy (non-hydrogen) atoms. The molecule has 0 bridgehead atoms. The third-order valence-corrected chi connectivity index (χ3v) is 5.19. The first-order valence-electron chi connectivity index (χ1n) is 6.53. The summed E-state index contributed by atoms with van der Waals surface area (Å²) in [5.74, 6) is -0.497. The van der Waals surface area contributed by atoms with Crippen LogP contribution in [0.1, 0.15) is 14.7 Å². The van der Waals surface area contributed by atoms with E-state index in [9.17, 15) is 4.79 Å². The van der Waals surface area contributed by atoms with Crippen molar-refractivity contribution in [2.75, 3.05) is 12.4 Å². The molecule has 0 atom stereocenters. The summed E-state index contributed by atoms with van der Waals surface area (Å²) >= 11 is 8.55. The van der Waals surface area contributed by atoms with Crippen molar-refractivity contribution >= 4 is 45.4 Å². The second-order valence-corrected chi connectivity index (χ2v) is 6.77. The minimum Gasteiger partial charge on any atom is -0.465 e. The minimum atomic E-state index is -0.497. The van der Waals surface area contributed by atoms with Crippen LogP contribution in [0.2, 0.25) is 5.15 Å². The van der Waals surface area contributed by atoms with Crippen molar-refractivity contribution in [3.05, 3.63) is 45.4 Å². The van der Waals surface area contributed by atoms with E-state index in [-0.39, 0.29) is 10.0 Å². The van der Waals surface area contributed by atoms with Crippen LogP contribution in [0.25, 0.3) is 10.6 Å². The van der Waals surface area contributed by atoms with Crippen molar-refractivity contribution < 1.29 is 9.53 Å². The maximum absolute atomic E-state index is 11.5. The maximum atomic E-state index is 11.5. The van der Waals surface area contributed by atoms with Crippen molar-refractivity contribution in [1.29, 1.82) is 0 Å². The molecule has 0 saturated carbocycles. The first-order chi connectivity index (χ1) is 11.2. The van der Waals surface area contributed by atoms with Crippen LogP contribution in [0, 0.1) is 0 Å². The molecule has 118 valence electrons. The molecule has 0 radical (unpaired) electrons. The van der Waals surface area contributed by atoms with Gasteiger partial charge in [-0.15, -0.1) is 10.2 Å². The number of methoxy groups -OCH3 is 1. The smallest absolute Gasteiger partial charge is 0.351 e. The maximum Gasteiger partial charge on any atom is 0.351 e. The van der Waals surface area contributed by atoms with Gasteiger partial charge in [-0.3, -0.25) is 0 Å². The van der Waals surface area contributed by atoms with Crippen LogP contribution < -0.4 is 5.32 Å². The molecule has 0 aliphatic carbocycles. The highest BCUT2D eigenvalue weighted by Crippen LogP contribution is 2.28. The van der Waals surface area contributed by atoms with E-state index in [1.54, 1.807) is 0 Å². The molecule has 1 aromatic carbocycles. The van der Waals surface area contributed by atoms with E-state index in [1.807, 2.05) is 30.3 Å². The molecule has 3 aromatic rings. The normalized spacial score (nSPS) is 10.5. The summed E-state index contributed by atoms with van der Waals surface area (Å²) in [6.45, 7) is 0.453. The molecule has 0 aliphatic heterocycles. The van der Waals surface area contributed by atoms with E-state index in [0.717, 1.165) is 26.9 Å². The highest BCUT2D eigenvalue weighted by molar-refractivity contribution is 7.18. The molecule has 2 heterocycles. The second-order valence-electron chi connectivity index (χ2n) is 4.35. The number of carbonyl (C=O) groups is 1. The second kappa shape index (κ2) is 7.03. The monoisotopic (exact) mass is 366 g/mol. The summed E-state index contributed by atoms with van der Waals surface area (Å²) in [6, 6.07) is 9.85. The molecular formula is C14H11ClN4O2S2. The molecule has 0 aliphatic rings. The van der Waals surface area contributed by atoms with E-state index < -0.39 is 5.97 Å². The average Bonchev–Trinajstić information content (AvgIpc) is 3.20. The van der Waals surface area contributed by atoms with Crippen LogP contribution in [0.5, 0.6) is 0 Å². The van der Waals surface area contributed by atoms with Gasteiger partial charge in [-0.2, -0.15) is 0 Å². The fourth-order valence-corrected chi connectivity index (χ4v) is 3.65. The quantitative estimate of drug-likeness (QED) is 0.693. The van der Waals surface area contributed by atoms with E-state index in [4.69, 9.17) is 11.6 Å². The molecule has 0 unspecified atom stereocenters. The van der Waals surface area contributed by atoms with Crippen LogP contribution in [0.4, 0.5) is 5.13 Å². The largest absolute Gasteiger partial charge is 0.465 e. The summed E-state index contributed by atoms with van der Waals surface area (Å²) in [4.78, 5) is 15.9. The number of ether oxygens (including phenoxy) is 1. The average molecular weight is 367 g/mol. The minimum absolute atomic E-state index is 0.131. The van der Waals surface area contributed by atoms with Gasteiger partial charge in [0, 0.05) is 5.56 Å². The van der Waals surface area contributed by atoms with Crippen LogP contribution in [0.15, 0.2) is 30.3 Å². The number of hydrogen-bond acceptors (Lipinski definition) is 8. The Hall–Kier alpha value is -2.03. The van der Waals surface area contributed by atoms with Crippen LogP contribution in [-0.2, 0) is 11.3 Å². The van der Waals surface area contributed by atoms with Crippen molar-refractivity contribution in [1.82, 2.24) is 15.2 Å². The highest BCUT2D eigenvalue weighted by Gasteiger charge is 2.17. The molecule has 2 aromatic heterocycles. The van der Waals surface area contributed by atoms with Gasteiger partial charge in [0.15, 0.2) is 15.2 Å². The molecule has 0 spiro atoms. The first-order valence-corrected chi connectivity index (χ1v) is 8.55. The third kappa shape index (κ3) is 3.66. The van der Waals surface area contributed by atoms with E-state index in [0.29, 0.717) is 11.7 Å². The van der Waals surface area contributed by atoms with Gasteiger partial charge in [0.1, 0.15) is 10.0 Å². The summed E-state index contributed by atoms with van der Waals surface area (Å²) < 4.78 is 4.64. The number of aromatic nitrogens is 3. The number of halogens is 1. The van der Waals surface area contributed by atoms with Crippen molar-refractivity contribution in [2.24, 2.45) is 0 Å². The Balaban J connectivity index is 1.67. The van der Waals surface area contributed by atoms with E-state index in [2.05, 4.69) is 25.2 Å². The number of hydrogen-bond donors (Lipinski definition) is 1. The van der Waals surface area contributed by atoms with Gasteiger partial charge in [0.05, 0.1) is 13.7 Å². The van der Waals surface area contributed by atoms with E-state index in [1.165, 1.54) is 18.4 Å². The van der Waals surface area contributed by atoms with Gasteiger partial charge in [0.25, 0.3) is 0 Å². The lowest BCUT2D eigenvalue weighted by Crippen LogP contribution is -1.98. The molecule has 1 N–H and O–H groups in total. The number of nitrogens with one attached hydrogen (secondary N) is 1. The Morgan fingerprint density at radius 3 is 2.78 bits per heavy atom. The summed E-state index contributed by atoms with van der Waals surface area (Å²) in [6.07, 6.45) is 0. The van der Waals surface area contributed by atoms with Crippen LogP contribution in [0.3, 0.4) is 0 Å². The van der Waals surface area contributed by atoms with Gasteiger partial charge >= 0.3 is 5.97 Å². The van der Waals surface area contributed by atoms with Crippen molar-refractivity contribution in [2.45, 2.75) is 6.54 Å². The Morgan fingerprint density at radius 1 is 1.26 bits per heavy atom. The SMILES string of the molecule is COC(=O)c1sc(NCc2nnc(-c3ccccc3)s2)nc1Cl. The molecular weight excluding hydrogens is 356 g/mol. The fraction of sp³-hybridized carbons (Fsp3) is 0.143. The number of rotatable bonds is 5. The molecule has 9 heteroatoms. The zero-order valence-corrected chi connectivity index (χ0v) is 14.3. The Kier molecular flexibility index (Phi) is 4.85. The topological polar surface area (TPSA) is 77.0 Å². The summed E-state index contributed by atoms with van der Waals surface area (Å²) in [5.41, 5.74) is 1.03. The Morgan fingerprint density at radius 2 is 2.04 bits per heavy atom. The number of thiazole rings is 1.